The van der Waals surface area contributed by atoms with Gasteiger partial charge in [-0.25, -0.2) is 4.98 Å². The molecule has 0 spiro atoms. The SMILES string of the molecule is CCN(C(=O)c1nc2ccccc2[nH]1)C1CCC=C(NCc2cc3ncccc3o2)C1. The van der Waals surface area contributed by atoms with E-state index >= 15 is 0 Å². The molecule has 1 aromatic carbocycles. The van der Waals surface area contributed by atoms with Crippen molar-refractivity contribution in [3.05, 3.63) is 72.0 Å². The molecule has 0 bridgehead atoms. The fraction of sp³-hybridized carbons (Fsp3) is 0.292. The van der Waals surface area contributed by atoms with Gasteiger partial charge in [-0.05, 0) is 44.0 Å². The highest BCUT2D eigenvalue weighted by Crippen LogP contribution is 2.24. The number of carbonyl (C=O) groups excluding carboxylic acids is 1. The standard InChI is InChI=1S/C24H25N5O2/c1-2-29(24(30)23-27-19-9-3-4-10-20(19)28-23)17-8-5-7-16(13-17)26-15-18-14-21-22(31-18)11-6-12-25-21/h3-4,6-7,9-12,14,17,26H,2,5,8,13,15H2,1H3,(H,27,28). The van der Waals surface area contributed by atoms with E-state index in [0.29, 0.717) is 18.9 Å². The number of allylic oxidation sites excluding steroid dienone is 1. The lowest BCUT2D eigenvalue weighted by Gasteiger charge is -2.33. The Kier molecular flexibility index (Phi) is 5.16. The second-order valence-corrected chi connectivity index (χ2v) is 7.81. The van der Waals surface area contributed by atoms with E-state index in [9.17, 15) is 4.79 Å². The van der Waals surface area contributed by atoms with Gasteiger partial charge in [0.25, 0.3) is 5.91 Å². The summed E-state index contributed by atoms with van der Waals surface area (Å²) in [6, 6.07) is 13.6. The van der Waals surface area contributed by atoms with Crippen molar-refractivity contribution in [2.24, 2.45) is 0 Å². The molecule has 3 aromatic heterocycles. The van der Waals surface area contributed by atoms with Crippen molar-refractivity contribution in [1.82, 2.24) is 25.2 Å². The summed E-state index contributed by atoms with van der Waals surface area (Å²) in [5, 5.41) is 3.49. The summed E-state index contributed by atoms with van der Waals surface area (Å²) in [5.74, 6) is 1.21. The van der Waals surface area contributed by atoms with E-state index in [2.05, 4.69) is 26.3 Å². The van der Waals surface area contributed by atoms with Crippen LogP contribution in [0.25, 0.3) is 22.1 Å². The van der Waals surface area contributed by atoms with E-state index in [-0.39, 0.29) is 11.9 Å². The van der Waals surface area contributed by atoms with Gasteiger partial charge in [0.15, 0.2) is 11.4 Å². The summed E-state index contributed by atoms with van der Waals surface area (Å²) in [6.45, 7) is 3.26. The van der Waals surface area contributed by atoms with E-state index in [1.165, 1.54) is 0 Å². The second-order valence-electron chi connectivity index (χ2n) is 7.81. The highest BCUT2D eigenvalue weighted by atomic mass is 16.3. The van der Waals surface area contributed by atoms with Crippen LogP contribution in [0.15, 0.2) is 64.9 Å². The van der Waals surface area contributed by atoms with Crippen LogP contribution in [0.1, 0.15) is 42.6 Å². The Morgan fingerprint density at radius 1 is 1.26 bits per heavy atom. The van der Waals surface area contributed by atoms with Crippen molar-refractivity contribution in [3.63, 3.8) is 0 Å². The molecule has 1 aliphatic rings. The average molecular weight is 415 g/mol. The van der Waals surface area contributed by atoms with Crippen LogP contribution in [0.3, 0.4) is 0 Å². The van der Waals surface area contributed by atoms with E-state index in [4.69, 9.17) is 4.42 Å². The van der Waals surface area contributed by atoms with Crippen LogP contribution in [0.2, 0.25) is 0 Å². The molecule has 2 N–H and O–H groups in total. The number of para-hydroxylation sites is 2. The van der Waals surface area contributed by atoms with Gasteiger partial charge in [0.05, 0.1) is 17.6 Å². The number of imidazole rings is 1. The Balaban J connectivity index is 1.26. The average Bonchev–Trinajstić information content (AvgIpc) is 3.42. The Morgan fingerprint density at radius 2 is 2.16 bits per heavy atom. The molecule has 0 aliphatic heterocycles. The first-order valence-electron chi connectivity index (χ1n) is 10.7. The molecule has 1 amide bonds. The molecule has 31 heavy (non-hydrogen) atoms. The number of nitrogens with zero attached hydrogens (tertiary/aromatic N) is 3. The van der Waals surface area contributed by atoms with Crippen LogP contribution in [-0.2, 0) is 6.54 Å². The predicted molar refractivity (Wildman–Crippen MR) is 119 cm³/mol. The maximum atomic E-state index is 13.2. The molecule has 0 fully saturated rings. The molecule has 1 aliphatic carbocycles. The van der Waals surface area contributed by atoms with E-state index in [0.717, 1.165) is 52.9 Å². The molecule has 0 saturated heterocycles. The Bertz CT molecular complexity index is 1190. The largest absolute Gasteiger partial charge is 0.457 e. The monoisotopic (exact) mass is 415 g/mol. The third-order valence-electron chi connectivity index (χ3n) is 5.81. The van der Waals surface area contributed by atoms with Gasteiger partial charge in [-0.1, -0.05) is 18.2 Å². The highest BCUT2D eigenvalue weighted by molar-refractivity contribution is 5.94. The molecule has 158 valence electrons. The number of benzene rings is 1. The smallest absolute Gasteiger partial charge is 0.289 e. The molecule has 0 saturated carbocycles. The molecule has 1 atom stereocenters. The quantitative estimate of drug-likeness (QED) is 0.488. The number of carbonyl (C=O) groups is 1. The van der Waals surface area contributed by atoms with Gasteiger partial charge in [0, 0.05) is 37.0 Å². The molecule has 0 radical (unpaired) electrons. The van der Waals surface area contributed by atoms with Crippen molar-refractivity contribution in [2.45, 2.75) is 38.8 Å². The summed E-state index contributed by atoms with van der Waals surface area (Å²) < 4.78 is 5.85. The van der Waals surface area contributed by atoms with Crippen LogP contribution in [-0.4, -0.2) is 38.3 Å². The zero-order chi connectivity index (χ0) is 21.2. The predicted octanol–water partition coefficient (Wildman–Crippen LogP) is 4.39. The fourth-order valence-corrected chi connectivity index (χ4v) is 4.27. The number of nitrogens with one attached hydrogen (secondary N) is 2. The molecule has 1 unspecified atom stereocenters. The minimum absolute atomic E-state index is 0.0479. The number of pyridine rings is 1. The summed E-state index contributed by atoms with van der Waals surface area (Å²) in [6.07, 6.45) is 6.65. The molecular weight excluding hydrogens is 390 g/mol. The minimum atomic E-state index is -0.0479. The minimum Gasteiger partial charge on any atom is -0.457 e. The lowest BCUT2D eigenvalue weighted by atomic mass is 9.97. The highest BCUT2D eigenvalue weighted by Gasteiger charge is 2.28. The number of aromatic amines is 1. The normalized spacial score (nSPS) is 16.4. The van der Waals surface area contributed by atoms with Crippen LogP contribution in [0.5, 0.6) is 0 Å². The van der Waals surface area contributed by atoms with Gasteiger partial charge in [-0.2, -0.15) is 0 Å². The topological polar surface area (TPSA) is 87.0 Å². The van der Waals surface area contributed by atoms with Crippen molar-refractivity contribution in [1.29, 1.82) is 0 Å². The first-order valence-corrected chi connectivity index (χ1v) is 10.7. The lowest BCUT2D eigenvalue weighted by Crippen LogP contribution is -2.42. The maximum Gasteiger partial charge on any atom is 0.289 e. The summed E-state index contributed by atoms with van der Waals surface area (Å²) in [5.41, 5.74) is 4.49. The third kappa shape index (κ3) is 3.91. The van der Waals surface area contributed by atoms with Gasteiger partial charge in [-0.3, -0.25) is 9.78 Å². The number of furan rings is 1. The van der Waals surface area contributed by atoms with Gasteiger partial charge >= 0.3 is 0 Å². The van der Waals surface area contributed by atoms with Crippen molar-refractivity contribution in [3.8, 4) is 0 Å². The second kappa shape index (κ2) is 8.26. The number of rotatable bonds is 6. The number of hydrogen-bond donors (Lipinski definition) is 2. The molecule has 4 aromatic rings. The lowest BCUT2D eigenvalue weighted by molar-refractivity contribution is 0.0663. The van der Waals surface area contributed by atoms with Crippen molar-refractivity contribution < 1.29 is 9.21 Å². The van der Waals surface area contributed by atoms with E-state index in [1.54, 1.807) is 6.20 Å². The van der Waals surface area contributed by atoms with E-state index < -0.39 is 0 Å². The molecular formula is C24H25N5O2. The number of aromatic nitrogens is 3. The van der Waals surface area contributed by atoms with Crippen molar-refractivity contribution in [2.75, 3.05) is 6.54 Å². The number of hydrogen-bond acceptors (Lipinski definition) is 5. The van der Waals surface area contributed by atoms with Crippen LogP contribution < -0.4 is 5.32 Å². The Hall–Kier alpha value is -3.61. The first kappa shape index (κ1) is 19.4. The summed E-state index contributed by atoms with van der Waals surface area (Å²) in [7, 11) is 0. The van der Waals surface area contributed by atoms with Gasteiger partial charge in [-0.15, -0.1) is 0 Å². The third-order valence-corrected chi connectivity index (χ3v) is 5.81. The molecule has 5 rings (SSSR count). The maximum absolute atomic E-state index is 13.2. The number of H-pyrrole nitrogens is 1. The van der Waals surface area contributed by atoms with Crippen LogP contribution in [0.4, 0.5) is 0 Å². The first-order chi connectivity index (χ1) is 15.2. The number of amides is 1. The Labute approximate surface area is 180 Å². The van der Waals surface area contributed by atoms with Gasteiger partial charge in [0.1, 0.15) is 11.3 Å². The molecule has 7 nitrogen and oxygen atoms in total. The van der Waals surface area contributed by atoms with Crippen LogP contribution in [0, 0.1) is 0 Å². The van der Waals surface area contributed by atoms with Crippen molar-refractivity contribution >= 4 is 28.0 Å². The number of fused-ring (bicyclic) bond motifs is 2. The molecule has 3 heterocycles. The summed E-state index contributed by atoms with van der Waals surface area (Å²) in [4.78, 5) is 27.1. The zero-order valence-electron chi connectivity index (χ0n) is 17.5. The van der Waals surface area contributed by atoms with Crippen LogP contribution >= 0.6 is 0 Å². The van der Waals surface area contributed by atoms with Gasteiger partial charge in [0.2, 0.25) is 0 Å². The zero-order valence-corrected chi connectivity index (χ0v) is 17.5. The fourth-order valence-electron chi connectivity index (χ4n) is 4.27. The van der Waals surface area contributed by atoms with Gasteiger partial charge < -0.3 is 19.6 Å². The molecule has 7 heteroatoms. The summed E-state index contributed by atoms with van der Waals surface area (Å²) >= 11 is 0. The Morgan fingerprint density at radius 3 is 3.00 bits per heavy atom. The van der Waals surface area contributed by atoms with E-state index in [1.807, 2.05) is 54.3 Å².